The molecule has 5 nitrogen and oxygen atoms in total. The summed E-state index contributed by atoms with van der Waals surface area (Å²) in [5, 5.41) is 32.2. The van der Waals surface area contributed by atoms with E-state index in [-0.39, 0.29) is 55.6 Å². The molecule has 0 amide bonds. The maximum atomic E-state index is 8.55. The van der Waals surface area contributed by atoms with Crippen LogP contribution in [0.4, 0.5) is 0 Å². The Labute approximate surface area is 127 Å². The Hall–Kier alpha value is 0.514. The van der Waals surface area contributed by atoms with Gasteiger partial charge in [-0.2, -0.15) is 19.3 Å². The average molecular weight is 301 g/mol. The molecule has 18 heavy (non-hydrogen) atoms. The summed E-state index contributed by atoms with van der Waals surface area (Å²) in [6, 6.07) is 0. The van der Waals surface area contributed by atoms with Crippen molar-refractivity contribution in [1.82, 2.24) is 0 Å². The van der Waals surface area contributed by atoms with Crippen LogP contribution in [0.15, 0.2) is 0 Å². The molecule has 0 unspecified atom stereocenters. The van der Waals surface area contributed by atoms with Gasteiger partial charge < -0.3 is 39.5 Å². The van der Waals surface area contributed by atoms with Crippen molar-refractivity contribution >= 4 is 0 Å². The molecule has 0 aliphatic heterocycles. The minimum absolute atomic E-state index is 0. The summed E-state index contributed by atoms with van der Waals surface area (Å²) in [7, 11) is 0. The van der Waals surface area contributed by atoms with E-state index in [2.05, 4.69) is 0 Å². The van der Waals surface area contributed by atoms with Gasteiger partial charge in [0.15, 0.2) is 0 Å². The van der Waals surface area contributed by atoms with Crippen LogP contribution in [-0.2, 0) is 21.7 Å². The van der Waals surface area contributed by atoms with Crippen LogP contribution in [0.5, 0.6) is 0 Å². The predicted octanol–water partition coefficient (Wildman–Crippen LogP) is 0.119. The molecular formula is C12H31NO4Ti. The molecule has 0 aromatic rings. The van der Waals surface area contributed by atoms with Gasteiger partial charge in [-0.15, -0.1) is 0 Å². The van der Waals surface area contributed by atoms with E-state index in [1.165, 1.54) is 0 Å². The van der Waals surface area contributed by atoms with Gasteiger partial charge in [-0.1, -0.05) is 0 Å². The van der Waals surface area contributed by atoms with Gasteiger partial charge in [0, 0.05) is 26.4 Å². The monoisotopic (exact) mass is 301 g/mol. The average Bonchev–Trinajstić information content (AvgIpc) is 2.21. The molecule has 0 bridgehead atoms. The predicted molar refractivity (Wildman–Crippen MR) is 72.3 cm³/mol. The van der Waals surface area contributed by atoms with Crippen molar-refractivity contribution in [3.63, 3.8) is 0 Å². The molecule has 0 atom stereocenters. The van der Waals surface area contributed by atoms with Gasteiger partial charge in [0.2, 0.25) is 0 Å². The summed E-state index contributed by atoms with van der Waals surface area (Å²) in [4.78, 5) is 0. The van der Waals surface area contributed by atoms with Gasteiger partial charge in [0.25, 0.3) is 0 Å². The Kier molecular flexibility index (Phi) is 62.2. The first-order chi connectivity index (χ1) is 7.67. The van der Waals surface area contributed by atoms with Crippen LogP contribution in [-0.4, -0.2) is 53.4 Å². The standard InChI is InChI=1S/C7H16NO2.2C2H6O.CH3.Ti/c8-4-1-7(2-5-9)3-6-10;2*1-2-3;;/h9-10H,1-6,8H2;2*3H,2H2,1H3;1H3;/q-1;;;-1;+2. The fourth-order valence-corrected chi connectivity index (χ4v) is 0.895. The second-order valence-electron chi connectivity index (χ2n) is 2.87. The number of hydrogen-bond donors (Lipinski definition) is 5. The van der Waals surface area contributed by atoms with Crippen LogP contribution >= 0.6 is 0 Å². The number of rotatable bonds is 6. The molecule has 0 aromatic heterocycles. The largest absolute Gasteiger partial charge is 2.00 e. The molecule has 0 aliphatic carbocycles. The minimum Gasteiger partial charge on any atom is -0.399 e. The molecule has 6 heteroatoms. The summed E-state index contributed by atoms with van der Waals surface area (Å²) in [5.74, 6) is 1.16. The Morgan fingerprint density at radius 1 is 0.833 bits per heavy atom. The summed E-state index contributed by atoms with van der Waals surface area (Å²) in [6.45, 7) is 4.79. The number of hydrogen-bond acceptors (Lipinski definition) is 5. The van der Waals surface area contributed by atoms with E-state index in [1.54, 1.807) is 13.8 Å². The Bertz CT molecular complexity index is 83.9. The SMILES string of the molecule is CCO.CCO.NCC[C-](CCO)CCO.[CH3-].[Ti+2]. The van der Waals surface area contributed by atoms with Crippen molar-refractivity contribution in [3.8, 4) is 0 Å². The molecule has 0 rings (SSSR count). The topological polar surface area (TPSA) is 107 Å². The summed E-state index contributed by atoms with van der Waals surface area (Å²) >= 11 is 0. The molecule has 0 aromatic carbocycles. The zero-order chi connectivity index (χ0) is 13.2. The first-order valence-corrected chi connectivity index (χ1v) is 5.65. The molecule has 0 radical (unpaired) electrons. The van der Waals surface area contributed by atoms with Gasteiger partial charge in [-0.25, -0.2) is 0 Å². The van der Waals surface area contributed by atoms with Crippen LogP contribution in [0.25, 0.3) is 0 Å². The first kappa shape index (κ1) is 31.1. The third kappa shape index (κ3) is 43.9. The van der Waals surface area contributed by atoms with Crippen LogP contribution in [0.1, 0.15) is 33.1 Å². The molecular weight excluding hydrogens is 270 g/mol. The Morgan fingerprint density at radius 2 is 1.11 bits per heavy atom. The third-order valence-corrected chi connectivity index (χ3v) is 1.43. The smallest absolute Gasteiger partial charge is 0.399 e. The molecule has 0 spiro atoms. The van der Waals surface area contributed by atoms with Crippen molar-refractivity contribution in [2.24, 2.45) is 5.73 Å². The van der Waals surface area contributed by atoms with Crippen molar-refractivity contribution in [2.75, 3.05) is 33.0 Å². The van der Waals surface area contributed by atoms with E-state index in [0.717, 1.165) is 12.3 Å². The molecule has 0 saturated heterocycles. The molecule has 0 aliphatic rings. The summed E-state index contributed by atoms with van der Waals surface area (Å²) in [6.07, 6.45) is 2.18. The Morgan fingerprint density at radius 3 is 1.28 bits per heavy atom. The zero-order valence-corrected chi connectivity index (χ0v) is 13.6. The van der Waals surface area contributed by atoms with Gasteiger partial charge >= 0.3 is 21.7 Å². The normalized spacial score (nSPS) is 8.00. The van der Waals surface area contributed by atoms with Crippen molar-refractivity contribution in [3.05, 3.63) is 13.3 Å². The Balaban J connectivity index is -0.0000000603. The number of aliphatic hydroxyl groups excluding tert-OH is 4. The second-order valence-corrected chi connectivity index (χ2v) is 2.87. The van der Waals surface area contributed by atoms with E-state index in [9.17, 15) is 0 Å². The fraction of sp³-hybridized carbons (Fsp3) is 0.833. The van der Waals surface area contributed by atoms with Gasteiger partial charge in [-0.3, -0.25) is 0 Å². The maximum absolute atomic E-state index is 8.55. The van der Waals surface area contributed by atoms with E-state index < -0.39 is 0 Å². The summed E-state index contributed by atoms with van der Waals surface area (Å²) in [5.41, 5.74) is 5.31. The maximum Gasteiger partial charge on any atom is 2.00 e. The fourth-order valence-electron chi connectivity index (χ4n) is 0.895. The van der Waals surface area contributed by atoms with Crippen molar-refractivity contribution in [1.29, 1.82) is 0 Å². The van der Waals surface area contributed by atoms with Crippen molar-refractivity contribution in [2.45, 2.75) is 33.1 Å². The molecule has 0 heterocycles. The van der Waals surface area contributed by atoms with Gasteiger partial charge in [-0.05, 0) is 20.4 Å². The van der Waals surface area contributed by atoms with E-state index in [1.807, 2.05) is 0 Å². The number of nitrogens with two attached hydrogens (primary N) is 1. The van der Waals surface area contributed by atoms with Crippen LogP contribution in [0.2, 0.25) is 0 Å². The molecule has 6 N–H and O–H groups in total. The molecule has 0 saturated carbocycles. The van der Waals surface area contributed by atoms with Crippen LogP contribution in [0, 0.1) is 13.3 Å². The quantitative estimate of drug-likeness (QED) is 0.354. The van der Waals surface area contributed by atoms with Crippen LogP contribution in [0.3, 0.4) is 0 Å². The van der Waals surface area contributed by atoms with E-state index >= 15 is 0 Å². The van der Waals surface area contributed by atoms with E-state index in [4.69, 9.17) is 26.2 Å². The van der Waals surface area contributed by atoms with E-state index in [0.29, 0.717) is 19.4 Å². The minimum atomic E-state index is 0. The number of aliphatic hydroxyl groups is 4. The summed E-state index contributed by atoms with van der Waals surface area (Å²) < 4.78 is 0. The third-order valence-electron chi connectivity index (χ3n) is 1.43. The van der Waals surface area contributed by atoms with Crippen LogP contribution < -0.4 is 5.73 Å². The van der Waals surface area contributed by atoms with Gasteiger partial charge in [0.05, 0.1) is 0 Å². The molecule has 0 fully saturated rings. The van der Waals surface area contributed by atoms with Gasteiger partial charge in [0.1, 0.15) is 0 Å². The first-order valence-electron chi connectivity index (χ1n) is 5.65. The molecule has 112 valence electrons. The zero-order valence-electron chi connectivity index (χ0n) is 12.0. The van der Waals surface area contributed by atoms with Crippen molar-refractivity contribution < 1.29 is 42.1 Å². The second kappa shape index (κ2) is 36.0.